The zero-order chi connectivity index (χ0) is 20.7. The van der Waals surface area contributed by atoms with Gasteiger partial charge in [0.1, 0.15) is 0 Å². The van der Waals surface area contributed by atoms with Crippen molar-refractivity contribution in [1.29, 1.82) is 0 Å². The van der Waals surface area contributed by atoms with E-state index in [1.54, 1.807) is 0 Å². The highest BCUT2D eigenvalue weighted by Crippen LogP contribution is 2.18. The fourth-order valence-electron chi connectivity index (χ4n) is 3.83. The van der Waals surface area contributed by atoms with E-state index in [1.165, 1.54) is 96.3 Å². The van der Waals surface area contributed by atoms with Gasteiger partial charge in [-0.2, -0.15) is 0 Å². The standard InChI is InChI=1S/C26H50O2/c1-3-5-7-8-9-10-11-12-13-14-15-16-17-18-19-20-21-22-24-25(26(27)28)23-6-4-2/h12-13,25H,3-11,14-24H2,1-2H3,(H,27,28)/b13-12-. The van der Waals surface area contributed by atoms with Crippen LogP contribution in [-0.2, 0) is 4.79 Å². The van der Waals surface area contributed by atoms with Crippen LogP contribution in [0.3, 0.4) is 0 Å². The molecule has 0 rings (SSSR count). The van der Waals surface area contributed by atoms with Gasteiger partial charge in [0.2, 0.25) is 0 Å². The highest BCUT2D eigenvalue weighted by atomic mass is 16.4. The molecule has 1 unspecified atom stereocenters. The number of carboxylic acids is 1. The normalized spacial score (nSPS) is 12.6. The van der Waals surface area contributed by atoms with Gasteiger partial charge < -0.3 is 5.11 Å². The van der Waals surface area contributed by atoms with E-state index in [0.29, 0.717) is 0 Å². The van der Waals surface area contributed by atoms with Crippen LogP contribution >= 0.6 is 0 Å². The Balaban J connectivity index is 3.28. The van der Waals surface area contributed by atoms with Crippen LogP contribution in [0.15, 0.2) is 12.2 Å². The Morgan fingerprint density at radius 2 is 1.00 bits per heavy atom. The lowest BCUT2D eigenvalue weighted by molar-refractivity contribution is -0.142. The summed E-state index contributed by atoms with van der Waals surface area (Å²) in [6, 6.07) is 0. The van der Waals surface area contributed by atoms with Gasteiger partial charge in [-0.1, -0.05) is 116 Å². The van der Waals surface area contributed by atoms with Crippen LogP contribution in [-0.4, -0.2) is 11.1 Å². The number of carboxylic acid groups (broad SMARTS) is 1. The van der Waals surface area contributed by atoms with Crippen LogP contribution in [0.2, 0.25) is 0 Å². The topological polar surface area (TPSA) is 37.3 Å². The highest BCUT2D eigenvalue weighted by Gasteiger charge is 2.15. The maximum atomic E-state index is 11.2. The van der Waals surface area contributed by atoms with Crippen LogP contribution in [0, 0.1) is 5.92 Å². The quantitative estimate of drug-likeness (QED) is 0.147. The Bertz CT molecular complexity index is 348. The molecule has 0 aromatic heterocycles. The average molecular weight is 395 g/mol. The Morgan fingerprint density at radius 3 is 1.46 bits per heavy atom. The van der Waals surface area contributed by atoms with E-state index in [1.807, 2.05) is 0 Å². The average Bonchev–Trinajstić information content (AvgIpc) is 2.69. The lowest BCUT2D eigenvalue weighted by Gasteiger charge is -2.11. The second-order valence-electron chi connectivity index (χ2n) is 8.61. The smallest absolute Gasteiger partial charge is 0.306 e. The first kappa shape index (κ1) is 27.2. The van der Waals surface area contributed by atoms with E-state index in [9.17, 15) is 9.90 Å². The number of rotatable bonds is 22. The van der Waals surface area contributed by atoms with Crippen molar-refractivity contribution >= 4 is 5.97 Å². The molecule has 0 spiro atoms. The SMILES string of the molecule is CCCCCCCC/C=C\CCCCCCCCCCC(CCCC)C(=O)O. The minimum absolute atomic E-state index is 0.103. The van der Waals surface area contributed by atoms with Crippen LogP contribution in [0.5, 0.6) is 0 Å². The van der Waals surface area contributed by atoms with Crippen molar-refractivity contribution in [3.63, 3.8) is 0 Å². The minimum atomic E-state index is -0.588. The van der Waals surface area contributed by atoms with E-state index >= 15 is 0 Å². The first-order chi connectivity index (χ1) is 13.7. The molecule has 2 heteroatoms. The van der Waals surface area contributed by atoms with Crippen LogP contribution in [0.4, 0.5) is 0 Å². The molecule has 0 amide bonds. The summed E-state index contributed by atoms with van der Waals surface area (Å²) < 4.78 is 0. The summed E-state index contributed by atoms with van der Waals surface area (Å²) in [5.74, 6) is -0.691. The lowest BCUT2D eigenvalue weighted by Crippen LogP contribution is -2.13. The number of allylic oxidation sites excluding steroid dienone is 2. The van der Waals surface area contributed by atoms with Crippen molar-refractivity contribution < 1.29 is 9.90 Å². The predicted molar refractivity (Wildman–Crippen MR) is 124 cm³/mol. The molecule has 0 radical (unpaired) electrons. The minimum Gasteiger partial charge on any atom is -0.481 e. The lowest BCUT2D eigenvalue weighted by atomic mass is 9.95. The summed E-state index contributed by atoms with van der Waals surface area (Å²) in [6.07, 6.45) is 29.8. The van der Waals surface area contributed by atoms with Crippen molar-refractivity contribution in [2.24, 2.45) is 5.92 Å². The molecule has 166 valence electrons. The summed E-state index contributed by atoms with van der Waals surface area (Å²) in [5.41, 5.74) is 0. The molecule has 0 bridgehead atoms. The van der Waals surface area contributed by atoms with Crippen molar-refractivity contribution in [3.8, 4) is 0 Å². The first-order valence-corrected chi connectivity index (χ1v) is 12.6. The van der Waals surface area contributed by atoms with Crippen molar-refractivity contribution in [3.05, 3.63) is 12.2 Å². The maximum absolute atomic E-state index is 11.2. The fourth-order valence-corrected chi connectivity index (χ4v) is 3.83. The molecule has 0 aromatic rings. The second-order valence-corrected chi connectivity index (χ2v) is 8.61. The zero-order valence-corrected chi connectivity index (χ0v) is 19.2. The van der Waals surface area contributed by atoms with Gasteiger partial charge >= 0.3 is 5.97 Å². The predicted octanol–water partition coefficient (Wildman–Crippen LogP) is 9.09. The van der Waals surface area contributed by atoms with Gasteiger partial charge in [-0.15, -0.1) is 0 Å². The molecule has 0 aliphatic carbocycles. The molecular weight excluding hydrogens is 344 g/mol. The third kappa shape index (κ3) is 20.0. The molecule has 0 aliphatic rings. The molecule has 2 nitrogen and oxygen atoms in total. The van der Waals surface area contributed by atoms with Gasteiger partial charge in [0.05, 0.1) is 5.92 Å². The third-order valence-corrected chi connectivity index (χ3v) is 5.82. The van der Waals surface area contributed by atoms with Gasteiger partial charge in [-0.25, -0.2) is 0 Å². The van der Waals surface area contributed by atoms with Gasteiger partial charge in [0.15, 0.2) is 0 Å². The second kappa shape index (κ2) is 22.5. The van der Waals surface area contributed by atoms with E-state index < -0.39 is 5.97 Å². The van der Waals surface area contributed by atoms with E-state index in [4.69, 9.17) is 0 Å². The Hall–Kier alpha value is -0.790. The molecule has 0 aliphatic heterocycles. The van der Waals surface area contributed by atoms with Crippen molar-refractivity contribution in [1.82, 2.24) is 0 Å². The summed E-state index contributed by atoms with van der Waals surface area (Å²) >= 11 is 0. The number of carbonyl (C=O) groups is 1. The molecule has 0 fully saturated rings. The van der Waals surface area contributed by atoms with Crippen LogP contribution in [0.25, 0.3) is 0 Å². The molecule has 0 aromatic carbocycles. The Morgan fingerprint density at radius 1 is 0.607 bits per heavy atom. The molecule has 0 heterocycles. The third-order valence-electron chi connectivity index (χ3n) is 5.82. The number of aliphatic carboxylic acids is 1. The van der Waals surface area contributed by atoms with Crippen molar-refractivity contribution in [2.45, 2.75) is 142 Å². The van der Waals surface area contributed by atoms with Crippen LogP contribution < -0.4 is 0 Å². The molecule has 1 atom stereocenters. The Kier molecular flexibility index (Phi) is 21.9. The van der Waals surface area contributed by atoms with Gasteiger partial charge in [0, 0.05) is 0 Å². The summed E-state index contributed by atoms with van der Waals surface area (Å²) in [7, 11) is 0. The van der Waals surface area contributed by atoms with E-state index in [-0.39, 0.29) is 5.92 Å². The molecular formula is C26H50O2. The van der Waals surface area contributed by atoms with Gasteiger partial charge in [-0.05, 0) is 38.5 Å². The van der Waals surface area contributed by atoms with E-state index in [2.05, 4.69) is 26.0 Å². The molecule has 28 heavy (non-hydrogen) atoms. The zero-order valence-electron chi connectivity index (χ0n) is 19.2. The largest absolute Gasteiger partial charge is 0.481 e. The van der Waals surface area contributed by atoms with Crippen molar-refractivity contribution in [2.75, 3.05) is 0 Å². The monoisotopic (exact) mass is 394 g/mol. The Labute approximate surface area is 176 Å². The number of hydrogen-bond acceptors (Lipinski definition) is 1. The molecule has 0 saturated carbocycles. The fraction of sp³-hybridized carbons (Fsp3) is 0.885. The highest BCUT2D eigenvalue weighted by molar-refractivity contribution is 5.69. The maximum Gasteiger partial charge on any atom is 0.306 e. The number of hydrogen-bond donors (Lipinski definition) is 1. The van der Waals surface area contributed by atoms with Gasteiger partial charge in [0.25, 0.3) is 0 Å². The molecule has 1 N–H and O–H groups in total. The van der Waals surface area contributed by atoms with E-state index in [0.717, 1.165) is 32.1 Å². The molecule has 0 saturated heterocycles. The first-order valence-electron chi connectivity index (χ1n) is 12.6. The van der Waals surface area contributed by atoms with Crippen LogP contribution in [0.1, 0.15) is 142 Å². The number of unbranched alkanes of at least 4 members (excludes halogenated alkanes) is 15. The summed E-state index contributed by atoms with van der Waals surface area (Å²) in [5, 5.41) is 9.24. The summed E-state index contributed by atoms with van der Waals surface area (Å²) in [6.45, 7) is 4.41. The van der Waals surface area contributed by atoms with Gasteiger partial charge in [-0.3, -0.25) is 4.79 Å². The summed E-state index contributed by atoms with van der Waals surface area (Å²) in [4.78, 5) is 11.2.